The average molecular weight is 371 g/mol. The number of hydrogen-bond acceptors (Lipinski definition) is 7. The summed E-state index contributed by atoms with van der Waals surface area (Å²) in [5, 5.41) is 8.59. The lowest BCUT2D eigenvalue weighted by molar-refractivity contribution is 0.324. The second kappa shape index (κ2) is 7.69. The van der Waals surface area contributed by atoms with Crippen molar-refractivity contribution in [1.82, 2.24) is 19.7 Å². The van der Waals surface area contributed by atoms with Gasteiger partial charge in [0.1, 0.15) is 11.6 Å². The molecule has 2 aromatic heterocycles. The molecule has 2 heterocycles. The minimum Gasteiger partial charge on any atom is -0.493 e. The number of fused-ring (bicyclic) bond motifs is 1. The van der Waals surface area contributed by atoms with Gasteiger partial charge in [0.2, 0.25) is 5.75 Å². The molecule has 0 aliphatic rings. The predicted octanol–water partition coefficient (Wildman–Crippen LogP) is 3.12. The minimum atomic E-state index is 0.214. The van der Waals surface area contributed by atoms with Crippen molar-refractivity contribution in [2.24, 2.45) is 7.05 Å². The minimum absolute atomic E-state index is 0.214. The third-order valence-corrected chi connectivity index (χ3v) is 4.31. The summed E-state index contributed by atoms with van der Waals surface area (Å²) in [5.74, 6) is 3.55. The van der Waals surface area contributed by atoms with Gasteiger partial charge in [0.25, 0.3) is 0 Å². The highest BCUT2D eigenvalue weighted by atomic mass is 16.5. The number of nitrogens with one attached hydrogen (secondary N) is 1. The Bertz CT molecular complexity index is 927. The van der Waals surface area contributed by atoms with Crippen molar-refractivity contribution in [3.63, 3.8) is 0 Å². The summed E-state index contributed by atoms with van der Waals surface area (Å²) in [5.41, 5.74) is 1.78. The normalized spacial score (nSPS) is 11.1. The zero-order valence-electron chi connectivity index (χ0n) is 16.5. The third-order valence-electron chi connectivity index (χ3n) is 4.31. The summed E-state index contributed by atoms with van der Waals surface area (Å²) in [6.45, 7) is 4.68. The smallest absolute Gasteiger partial charge is 0.203 e. The van der Waals surface area contributed by atoms with Gasteiger partial charge in [-0.3, -0.25) is 4.68 Å². The monoisotopic (exact) mass is 371 g/mol. The van der Waals surface area contributed by atoms with Gasteiger partial charge < -0.3 is 19.5 Å². The lowest BCUT2D eigenvalue weighted by Crippen LogP contribution is -2.08. The second-order valence-electron chi connectivity index (χ2n) is 6.48. The van der Waals surface area contributed by atoms with Crippen LogP contribution in [0.3, 0.4) is 0 Å². The van der Waals surface area contributed by atoms with Crippen molar-refractivity contribution in [3.8, 4) is 17.2 Å². The Kier molecular flexibility index (Phi) is 5.34. The summed E-state index contributed by atoms with van der Waals surface area (Å²) in [6, 6.07) is 3.83. The van der Waals surface area contributed by atoms with Crippen molar-refractivity contribution < 1.29 is 14.2 Å². The van der Waals surface area contributed by atoms with Crippen LogP contribution in [-0.4, -0.2) is 41.1 Å². The van der Waals surface area contributed by atoms with E-state index in [-0.39, 0.29) is 5.92 Å². The molecule has 0 aliphatic carbocycles. The van der Waals surface area contributed by atoms with Crippen LogP contribution >= 0.6 is 0 Å². The van der Waals surface area contributed by atoms with Gasteiger partial charge in [-0.15, -0.1) is 0 Å². The molecule has 8 nitrogen and oxygen atoms in total. The number of rotatable bonds is 7. The van der Waals surface area contributed by atoms with Crippen LogP contribution in [0.1, 0.15) is 31.2 Å². The topological polar surface area (TPSA) is 83.3 Å². The van der Waals surface area contributed by atoms with Crippen LogP contribution in [0, 0.1) is 0 Å². The SMILES string of the molecule is COc1cc(CNc2nc(C(C)C)nc3c2cnn3C)cc(OC)c1OC. The molecule has 0 aliphatic heterocycles. The fourth-order valence-corrected chi connectivity index (χ4v) is 2.86. The molecule has 144 valence electrons. The molecule has 0 atom stereocenters. The van der Waals surface area contributed by atoms with E-state index in [0.717, 1.165) is 28.2 Å². The lowest BCUT2D eigenvalue weighted by atomic mass is 10.1. The van der Waals surface area contributed by atoms with Gasteiger partial charge in [-0.05, 0) is 17.7 Å². The van der Waals surface area contributed by atoms with Gasteiger partial charge in [0.15, 0.2) is 17.1 Å². The highest BCUT2D eigenvalue weighted by Gasteiger charge is 2.16. The van der Waals surface area contributed by atoms with E-state index < -0.39 is 0 Å². The van der Waals surface area contributed by atoms with E-state index in [1.54, 1.807) is 32.2 Å². The molecule has 3 rings (SSSR count). The first kappa shape index (κ1) is 18.8. The first-order chi connectivity index (χ1) is 13.0. The summed E-state index contributed by atoms with van der Waals surface area (Å²) in [7, 11) is 6.67. The number of aryl methyl sites for hydroxylation is 1. The first-order valence-electron chi connectivity index (χ1n) is 8.70. The first-order valence-corrected chi connectivity index (χ1v) is 8.70. The molecule has 0 saturated carbocycles. The Morgan fingerprint density at radius 3 is 2.26 bits per heavy atom. The van der Waals surface area contributed by atoms with Gasteiger partial charge >= 0.3 is 0 Å². The average Bonchev–Trinajstić information content (AvgIpc) is 3.06. The molecule has 27 heavy (non-hydrogen) atoms. The summed E-state index contributed by atoms with van der Waals surface area (Å²) < 4.78 is 18.0. The molecule has 1 N–H and O–H groups in total. The highest BCUT2D eigenvalue weighted by molar-refractivity contribution is 5.86. The maximum Gasteiger partial charge on any atom is 0.203 e. The third kappa shape index (κ3) is 3.60. The Labute approximate surface area is 158 Å². The van der Waals surface area contributed by atoms with E-state index in [2.05, 4.69) is 34.2 Å². The van der Waals surface area contributed by atoms with Crippen molar-refractivity contribution in [1.29, 1.82) is 0 Å². The Hall–Kier alpha value is -3.03. The van der Waals surface area contributed by atoms with Crippen LogP contribution in [0.5, 0.6) is 17.2 Å². The molecule has 0 spiro atoms. The number of anilines is 1. The molecule has 0 bridgehead atoms. The van der Waals surface area contributed by atoms with Gasteiger partial charge in [0.05, 0.1) is 32.9 Å². The Balaban J connectivity index is 1.95. The van der Waals surface area contributed by atoms with Gasteiger partial charge in [-0.1, -0.05) is 13.8 Å². The van der Waals surface area contributed by atoms with E-state index in [0.29, 0.717) is 23.8 Å². The molecule has 0 radical (unpaired) electrons. The molecule has 1 aromatic carbocycles. The van der Waals surface area contributed by atoms with Crippen LogP contribution < -0.4 is 19.5 Å². The number of nitrogens with zero attached hydrogens (tertiary/aromatic N) is 4. The molecule has 0 saturated heterocycles. The van der Waals surface area contributed by atoms with Crippen LogP contribution in [0.15, 0.2) is 18.3 Å². The fourth-order valence-electron chi connectivity index (χ4n) is 2.86. The van der Waals surface area contributed by atoms with Crippen molar-refractivity contribution in [3.05, 3.63) is 29.7 Å². The molecule has 0 unspecified atom stereocenters. The van der Waals surface area contributed by atoms with Crippen LogP contribution in [0.25, 0.3) is 11.0 Å². The fraction of sp³-hybridized carbons (Fsp3) is 0.421. The molecule has 0 amide bonds. The van der Waals surface area contributed by atoms with E-state index in [1.807, 2.05) is 19.2 Å². The largest absolute Gasteiger partial charge is 0.493 e. The number of aromatic nitrogens is 4. The van der Waals surface area contributed by atoms with Crippen molar-refractivity contribution in [2.45, 2.75) is 26.3 Å². The molecule has 0 fully saturated rings. The maximum atomic E-state index is 5.42. The molecular weight excluding hydrogens is 346 g/mol. The Morgan fingerprint density at radius 1 is 1.04 bits per heavy atom. The maximum absolute atomic E-state index is 5.42. The van der Waals surface area contributed by atoms with E-state index in [4.69, 9.17) is 14.2 Å². The van der Waals surface area contributed by atoms with Crippen molar-refractivity contribution >= 4 is 16.9 Å². The zero-order chi connectivity index (χ0) is 19.6. The van der Waals surface area contributed by atoms with E-state index >= 15 is 0 Å². The summed E-state index contributed by atoms with van der Waals surface area (Å²) in [4.78, 5) is 9.31. The molecular formula is C19H25N5O3. The van der Waals surface area contributed by atoms with Crippen LogP contribution in [-0.2, 0) is 13.6 Å². The van der Waals surface area contributed by atoms with Crippen molar-refractivity contribution in [2.75, 3.05) is 26.6 Å². The summed E-state index contributed by atoms with van der Waals surface area (Å²) >= 11 is 0. The summed E-state index contributed by atoms with van der Waals surface area (Å²) in [6.07, 6.45) is 1.77. The van der Waals surface area contributed by atoms with Gasteiger partial charge in [-0.2, -0.15) is 5.10 Å². The zero-order valence-corrected chi connectivity index (χ0v) is 16.5. The number of methoxy groups -OCH3 is 3. The highest BCUT2D eigenvalue weighted by Crippen LogP contribution is 2.38. The van der Waals surface area contributed by atoms with Crippen LogP contribution in [0.4, 0.5) is 5.82 Å². The standard InChI is InChI=1S/C19H25N5O3/c1-11(2)17-22-18(13-10-21-24(3)19(13)23-17)20-9-12-7-14(25-4)16(27-6)15(8-12)26-5/h7-8,10-11H,9H2,1-6H3,(H,20,22,23). The predicted molar refractivity (Wildman–Crippen MR) is 104 cm³/mol. The van der Waals surface area contributed by atoms with E-state index in [1.165, 1.54) is 0 Å². The number of hydrogen-bond donors (Lipinski definition) is 1. The second-order valence-corrected chi connectivity index (χ2v) is 6.48. The lowest BCUT2D eigenvalue weighted by Gasteiger charge is -2.15. The van der Waals surface area contributed by atoms with Crippen LogP contribution in [0.2, 0.25) is 0 Å². The molecule has 8 heteroatoms. The Morgan fingerprint density at radius 2 is 1.70 bits per heavy atom. The number of benzene rings is 1. The number of ether oxygens (including phenoxy) is 3. The van der Waals surface area contributed by atoms with Gasteiger partial charge in [-0.25, -0.2) is 9.97 Å². The van der Waals surface area contributed by atoms with Gasteiger partial charge in [0, 0.05) is 19.5 Å². The van der Waals surface area contributed by atoms with E-state index in [9.17, 15) is 0 Å². The molecule has 3 aromatic rings. The quantitative estimate of drug-likeness (QED) is 0.683.